The second-order valence-corrected chi connectivity index (χ2v) is 17.9. The number of rotatable bonds is 16. The van der Waals surface area contributed by atoms with E-state index in [1.165, 1.54) is 24.3 Å². The molecule has 1 aromatic carbocycles. The summed E-state index contributed by atoms with van der Waals surface area (Å²) in [6.07, 6.45) is -48.2. The third kappa shape index (κ3) is 11.2. The summed E-state index contributed by atoms with van der Waals surface area (Å²) in [6, 6.07) is 5.36. The molecule has 25 atom stereocenters. The zero-order valence-electron chi connectivity index (χ0n) is 34.7. The number of benzene rings is 1. The SMILES string of the molecule is Cc1ccc(S(=O)(=O)OC[C@H]2O[C@H](O[C@H]3[C@H](O)[C@@H](O)[C@@H](O[C@H]4[C@H](O)[C@@H](O)C(O)O[C@@H]4CO)O[C@@H]3CO)[C@H](O)[C@@H](O)[C@@H]2O[C@H]2O[C@H](CO)[C@@H](O[C@H]3O[C@H](CO)[C@@H](O)[C@H](O)[C@H]3O)[C@H](O)[C@H]2O)cc1. The number of hydrogen-bond donors (Lipinski definition) is 16. The van der Waals surface area contributed by atoms with Crippen LogP contribution < -0.4 is 0 Å². The third-order valence-electron chi connectivity index (χ3n) is 11.8. The van der Waals surface area contributed by atoms with Crippen molar-refractivity contribution in [3.8, 4) is 0 Å². The lowest BCUT2D eigenvalue weighted by Crippen LogP contribution is -2.68. The van der Waals surface area contributed by atoms with Gasteiger partial charge in [-0.25, -0.2) is 0 Å². The molecule has 1 unspecified atom stereocenters. The van der Waals surface area contributed by atoms with E-state index in [1.54, 1.807) is 6.92 Å². The fourth-order valence-corrected chi connectivity index (χ4v) is 8.87. The van der Waals surface area contributed by atoms with Crippen molar-refractivity contribution in [3.63, 3.8) is 0 Å². The van der Waals surface area contributed by atoms with Gasteiger partial charge >= 0.3 is 0 Å². The lowest BCUT2D eigenvalue weighted by molar-refractivity contribution is -0.392. The van der Waals surface area contributed by atoms with Crippen molar-refractivity contribution in [2.45, 2.75) is 165 Å². The van der Waals surface area contributed by atoms with Crippen LogP contribution in [0.4, 0.5) is 0 Å². The summed E-state index contributed by atoms with van der Waals surface area (Å²) < 4.78 is 81.8. The van der Waals surface area contributed by atoms with Crippen molar-refractivity contribution in [3.05, 3.63) is 29.8 Å². The largest absolute Gasteiger partial charge is 0.394 e. The predicted octanol–water partition coefficient (Wildman–Crippen LogP) is -10.2. The van der Waals surface area contributed by atoms with Crippen LogP contribution in [-0.4, -0.2) is 277 Å². The van der Waals surface area contributed by atoms with Gasteiger partial charge in [0.15, 0.2) is 31.5 Å². The second-order valence-electron chi connectivity index (χ2n) is 16.3. The Balaban J connectivity index is 1.20. The van der Waals surface area contributed by atoms with E-state index >= 15 is 0 Å². The molecule has 6 rings (SSSR count). The average molecular weight is 983 g/mol. The molecule has 5 heterocycles. The lowest BCUT2D eigenvalue weighted by atomic mass is 9.95. The van der Waals surface area contributed by atoms with Crippen LogP contribution >= 0.6 is 0 Å². The van der Waals surface area contributed by atoms with Gasteiger partial charge in [-0.2, -0.15) is 8.42 Å². The predicted molar refractivity (Wildman–Crippen MR) is 204 cm³/mol. The Hall–Kier alpha value is -1.87. The molecule has 0 amide bonds. The number of aliphatic hydroxyl groups excluding tert-OH is 16. The van der Waals surface area contributed by atoms with Crippen molar-refractivity contribution >= 4 is 10.1 Å². The van der Waals surface area contributed by atoms with Gasteiger partial charge in [0.25, 0.3) is 10.1 Å². The molecule has 0 saturated carbocycles. The van der Waals surface area contributed by atoms with Crippen LogP contribution in [0.5, 0.6) is 0 Å². The minimum atomic E-state index is -4.63. The topological polar surface area (TPSA) is 450 Å². The third-order valence-corrected chi connectivity index (χ3v) is 13.1. The first-order valence-electron chi connectivity index (χ1n) is 20.6. The maximum atomic E-state index is 13.3. The summed E-state index contributed by atoms with van der Waals surface area (Å²) in [6.45, 7) is -3.12. The van der Waals surface area contributed by atoms with Crippen LogP contribution in [0.3, 0.4) is 0 Å². The first kappa shape index (κ1) is 53.5. The molecule has 380 valence electrons. The van der Waals surface area contributed by atoms with E-state index in [0.29, 0.717) is 5.56 Å². The Labute approximate surface area is 374 Å². The smallest absolute Gasteiger partial charge is 0.297 e. The maximum absolute atomic E-state index is 13.3. The highest BCUT2D eigenvalue weighted by molar-refractivity contribution is 7.86. The molecule has 0 aliphatic carbocycles. The molecule has 5 aliphatic rings. The van der Waals surface area contributed by atoms with Crippen molar-refractivity contribution < 1.29 is 137 Å². The fourth-order valence-electron chi connectivity index (χ4n) is 7.95. The van der Waals surface area contributed by atoms with Gasteiger partial charge in [-0.1, -0.05) is 17.7 Å². The van der Waals surface area contributed by atoms with Crippen LogP contribution in [0.2, 0.25) is 0 Å². The van der Waals surface area contributed by atoms with Gasteiger partial charge in [-0.15, -0.1) is 0 Å². The molecule has 29 heteroatoms. The second kappa shape index (κ2) is 22.5. The summed E-state index contributed by atoms with van der Waals surface area (Å²) in [5.74, 6) is 0. The number of aryl methyl sites for hydroxylation is 1. The molecule has 0 radical (unpaired) electrons. The zero-order valence-corrected chi connectivity index (χ0v) is 35.6. The summed E-state index contributed by atoms with van der Waals surface area (Å²) in [5.41, 5.74) is 0.692. The number of hydrogen-bond acceptors (Lipinski definition) is 28. The molecule has 5 fully saturated rings. The van der Waals surface area contributed by atoms with E-state index in [1.807, 2.05) is 0 Å². The summed E-state index contributed by atoms with van der Waals surface area (Å²) in [5, 5.41) is 169. The van der Waals surface area contributed by atoms with Gasteiger partial charge in [-0.05, 0) is 19.1 Å². The Morgan fingerprint density at radius 2 is 0.758 bits per heavy atom. The molecule has 0 aromatic heterocycles. The molecule has 5 saturated heterocycles. The first-order chi connectivity index (χ1) is 31.2. The van der Waals surface area contributed by atoms with Crippen molar-refractivity contribution in [2.75, 3.05) is 33.0 Å². The summed E-state index contributed by atoms with van der Waals surface area (Å²) >= 11 is 0. The molecular formula is C37H58O28S. The normalized spacial score (nSPS) is 47.1. The zero-order chi connectivity index (χ0) is 48.5. The molecular weight excluding hydrogens is 924 g/mol. The lowest BCUT2D eigenvalue weighted by Gasteiger charge is -2.49. The molecule has 5 aliphatic heterocycles. The van der Waals surface area contributed by atoms with Crippen LogP contribution in [-0.2, 0) is 56.9 Å². The van der Waals surface area contributed by atoms with Gasteiger partial charge < -0.3 is 124 Å². The molecule has 66 heavy (non-hydrogen) atoms. The maximum Gasteiger partial charge on any atom is 0.297 e. The Morgan fingerprint density at radius 1 is 0.424 bits per heavy atom. The van der Waals surface area contributed by atoms with Gasteiger partial charge in [0.1, 0.15) is 122 Å². The van der Waals surface area contributed by atoms with Gasteiger partial charge in [0.2, 0.25) is 0 Å². The highest BCUT2D eigenvalue weighted by Gasteiger charge is 2.56. The Morgan fingerprint density at radius 3 is 1.17 bits per heavy atom. The van der Waals surface area contributed by atoms with Crippen LogP contribution in [0.15, 0.2) is 29.2 Å². The van der Waals surface area contributed by atoms with Crippen LogP contribution in [0.25, 0.3) is 0 Å². The van der Waals surface area contributed by atoms with E-state index in [2.05, 4.69) is 0 Å². The Bertz CT molecular complexity index is 1780. The highest BCUT2D eigenvalue weighted by Crippen LogP contribution is 2.36. The van der Waals surface area contributed by atoms with E-state index in [-0.39, 0.29) is 4.90 Å². The van der Waals surface area contributed by atoms with E-state index in [0.717, 1.165) is 0 Å². The fraction of sp³-hybridized carbons (Fsp3) is 0.838. The number of ether oxygens (including phenoxy) is 9. The summed E-state index contributed by atoms with van der Waals surface area (Å²) in [4.78, 5) is -0.331. The van der Waals surface area contributed by atoms with E-state index in [9.17, 15) is 90.1 Å². The van der Waals surface area contributed by atoms with Gasteiger partial charge in [0, 0.05) is 0 Å². The van der Waals surface area contributed by atoms with Gasteiger partial charge in [0.05, 0.1) is 37.9 Å². The molecule has 0 spiro atoms. The minimum Gasteiger partial charge on any atom is -0.394 e. The quantitative estimate of drug-likeness (QED) is 0.0684. The Kier molecular flexibility index (Phi) is 18.2. The first-order valence-corrected chi connectivity index (χ1v) is 22.0. The average Bonchev–Trinajstić information content (AvgIpc) is 3.30. The van der Waals surface area contributed by atoms with E-state index in [4.69, 9.17) is 46.8 Å². The molecule has 1 aromatic rings. The highest BCUT2D eigenvalue weighted by atomic mass is 32.2. The molecule has 16 N–H and O–H groups in total. The summed E-state index contributed by atoms with van der Waals surface area (Å²) in [7, 11) is -4.63. The van der Waals surface area contributed by atoms with Crippen molar-refractivity contribution in [1.29, 1.82) is 0 Å². The van der Waals surface area contributed by atoms with Crippen molar-refractivity contribution in [2.24, 2.45) is 0 Å². The van der Waals surface area contributed by atoms with Crippen LogP contribution in [0.1, 0.15) is 5.56 Å². The van der Waals surface area contributed by atoms with Gasteiger partial charge in [-0.3, -0.25) is 4.18 Å². The molecule has 0 bridgehead atoms. The minimum absolute atomic E-state index is 0.331. The monoisotopic (exact) mass is 982 g/mol. The number of aliphatic hydroxyl groups is 16. The van der Waals surface area contributed by atoms with E-state index < -0.39 is 197 Å². The van der Waals surface area contributed by atoms with Crippen LogP contribution in [0, 0.1) is 6.92 Å². The molecule has 28 nitrogen and oxygen atoms in total. The van der Waals surface area contributed by atoms with Crippen molar-refractivity contribution in [1.82, 2.24) is 0 Å². The standard InChI is InChI=1S/C37H58O28S/c1-11-2-4-12(5-3-11)66(54,55)56-10-17-32(65-36-27(51)22(46)30(15(8-40)60-36)63-34-25(49)19(43)18(42)13(6-38)58-34)23(47)28(52)37(61-17)64-31-16(9-41)59-35(26(50)21(31)45)62-29-14(7-39)57-33(53)24(48)20(29)44/h2-5,13-53H,6-10H2,1H3/t13-,14-,15-,16-,17-,18-,19+,20-,21-,22-,23-,24-,25-,26-,27-,28-,29-,30-,31-,32-,33?,34-,35-,36-,37-/m1/s1.